The number of pyridine rings is 2. The highest BCUT2D eigenvalue weighted by molar-refractivity contribution is 6.30. The van der Waals surface area contributed by atoms with Crippen LogP contribution in [0, 0.1) is 0 Å². The van der Waals surface area contributed by atoms with Crippen LogP contribution in [-0.2, 0) is 21.7 Å². The summed E-state index contributed by atoms with van der Waals surface area (Å²) in [5.41, 5.74) is 21.9. The second-order valence-corrected chi connectivity index (χ2v) is 24.9. The van der Waals surface area contributed by atoms with Crippen molar-refractivity contribution in [3.05, 3.63) is 143 Å². The molecule has 4 heteroatoms. The van der Waals surface area contributed by atoms with Crippen LogP contribution in [0.1, 0.15) is 170 Å². The number of rotatable bonds is 3. The van der Waals surface area contributed by atoms with Crippen molar-refractivity contribution in [2.75, 3.05) is 0 Å². The summed E-state index contributed by atoms with van der Waals surface area (Å²) in [6.07, 6.45) is 21.5. The molecule has 3 saturated carbocycles. The number of hydrogen-bond acceptors (Lipinski definition) is 2. The first-order chi connectivity index (χ1) is 33.4. The number of benzene rings is 5. The van der Waals surface area contributed by atoms with Crippen LogP contribution in [0.3, 0.4) is 0 Å². The summed E-state index contributed by atoms with van der Waals surface area (Å²) in [6, 6.07) is 37.9. The maximum absolute atomic E-state index is 5.77. The first-order valence-electron chi connectivity index (χ1n) is 26.8. The molecule has 2 spiro atoms. The molecule has 344 valence electrons. The van der Waals surface area contributed by atoms with Crippen LogP contribution in [0.5, 0.6) is 0 Å². The lowest BCUT2D eigenvalue weighted by Gasteiger charge is -2.37. The van der Waals surface area contributed by atoms with Crippen molar-refractivity contribution in [2.45, 2.75) is 159 Å². The van der Waals surface area contributed by atoms with E-state index in [9.17, 15) is 0 Å². The third-order valence-corrected chi connectivity index (χ3v) is 19.0. The minimum Gasteiger partial charge on any atom is -0.307 e. The standard InChI is InChI=1S/C65H64N4/c1-62(2,3)42-25-26-48-45(31-42)54-50(35-66-58-41-23-21-40(22-24-41)53(54)58)68(48)49-34-44(38-17-9-7-10-18-38)60-56(52(49)39-19-11-8-12-20-39)47-33-43(63(4,5)6)32-46-55-51(69(60)59(46)47)36-67-61-57(55)64(27-13-14-28-64)37-65(61)29-15-16-30-65/h7-12,17-20,25-26,31-36,40-41H,13-16,21-24,27-30,37H2,1-6H3. The van der Waals surface area contributed by atoms with E-state index in [1.165, 1.54) is 199 Å². The van der Waals surface area contributed by atoms with Gasteiger partial charge in [-0.25, -0.2) is 0 Å². The summed E-state index contributed by atoms with van der Waals surface area (Å²) in [6.45, 7) is 14.3. The fraction of sp³-hybridized carbons (Fsp3) is 0.385. The molecular weight excluding hydrogens is 837 g/mol. The second-order valence-electron chi connectivity index (χ2n) is 24.9. The lowest BCUT2D eigenvalue weighted by atomic mass is 9.68. The molecule has 0 N–H and O–H groups in total. The zero-order valence-electron chi connectivity index (χ0n) is 41.5. The first kappa shape index (κ1) is 40.8. The summed E-state index contributed by atoms with van der Waals surface area (Å²) < 4.78 is 5.36. The average molecular weight is 901 g/mol. The van der Waals surface area contributed by atoms with Crippen molar-refractivity contribution < 1.29 is 0 Å². The number of nitrogens with zero attached hydrogens (tertiary/aromatic N) is 4. The van der Waals surface area contributed by atoms with Gasteiger partial charge in [-0.3, -0.25) is 9.97 Å². The molecule has 69 heavy (non-hydrogen) atoms. The van der Waals surface area contributed by atoms with Gasteiger partial charge in [0.05, 0.1) is 51.4 Å². The lowest BCUT2D eigenvalue weighted by molar-refractivity contribution is 0.321. The van der Waals surface area contributed by atoms with Gasteiger partial charge in [0.15, 0.2) is 0 Å². The molecule has 0 saturated heterocycles. The Kier molecular flexibility index (Phi) is 8.21. The first-order valence-corrected chi connectivity index (χ1v) is 26.8. The Morgan fingerprint density at radius 1 is 0.536 bits per heavy atom. The quantitative estimate of drug-likeness (QED) is 0.177. The minimum atomic E-state index is -0.0652. The predicted molar refractivity (Wildman–Crippen MR) is 288 cm³/mol. The van der Waals surface area contributed by atoms with Gasteiger partial charge in [0.1, 0.15) is 0 Å². The fourth-order valence-corrected chi connectivity index (χ4v) is 15.9. The van der Waals surface area contributed by atoms with Crippen LogP contribution in [-0.4, -0.2) is 18.9 Å². The van der Waals surface area contributed by atoms with E-state index in [1.807, 2.05) is 0 Å². The largest absolute Gasteiger partial charge is 0.307 e. The summed E-state index contributed by atoms with van der Waals surface area (Å²) in [7, 11) is 0. The normalized spacial score (nSPS) is 20.7. The molecule has 0 radical (unpaired) electrons. The van der Waals surface area contributed by atoms with Crippen molar-refractivity contribution in [3.63, 3.8) is 0 Å². The topological polar surface area (TPSA) is 35.1 Å². The van der Waals surface area contributed by atoms with Gasteiger partial charge in [0.25, 0.3) is 0 Å². The van der Waals surface area contributed by atoms with E-state index in [0.29, 0.717) is 11.8 Å². The summed E-state index contributed by atoms with van der Waals surface area (Å²) >= 11 is 0. The van der Waals surface area contributed by atoms with Gasteiger partial charge in [0.2, 0.25) is 0 Å². The smallest absolute Gasteiger partial charge is 0.0728 e. The molecule has 4 nitrogen and oxygen atoms in total. The Morgan fingerprint density at radius 3 is 1.83 bits per heavy atom. The highest BCUT2D eigenvalue weighted by atomic mass is 15.0. The van der Waals surface area contributed by atoms with E-state index < -0.39 is 0 Å². The van der Waals surface area contributed by atoms with Crippen molar-refractivity contribution in [1.29, 1.82) is 0 Å². The molecule has 0 amide bonds. The minimum absolute atomic E-state index is 0.0156. The zero-order chi connectivity index (χ0) is 46.3. The molecular formula is C65H64N4. The molecule has 10 aromatic rings. The molecule has 16 rings (SSSR count). The highest BCUT2D eigenvalue weighted by Gasteiger charge is 2.56. The molecule has 5 aromatic carbocycles. The van der Waals surface area contributed by atoms with E-state index >= 15 is 0 Å². The summed E-state index contributed by atoms with van der Waals surface area (Å²) in [4.78, 5) is 11.3. The number of aromatic nitrogens is 4. The Labute approximate surface area is 406 Å². The molecule has 2 bridgehead atoms. The molecule has 0 unspecified atom stereocenters. The van der Waals surface area contributed by atoms with Gasteiger partial charge in [-0.05, 0) is 144 Å². The maximum atomic E-state index is 5.77. The molecule has 5 heterocycles. The zero-order valence-corrected chi connectivity index (χ0v) is 41.5. The molecule has 6 aliphatic rings. The molecule has 6 aliphatic carbocycles. The van der Waals surface area contributed by atoms with E-state index in [2.05, 4.69) is 160 Å². The predicted octanol–water partition coefficient (Wildman–Crippen LogP) is 17.4. The number of fused-ring (bicyclic) bond motifs is 15. The van der Waals surface area contributed by atoms with Gasteiger partial charge in [0, 0.05) is 60.5 Å². The maximum Gasteiger partial charge on any atom is 0.0728 e. The monoisotopic (exact) mass is 901 g/mol. The lowest BCUT2D eigenvalue weighted by Crippen LogP contribution is -2.24. The van der Waals surface area contributed by atoms with Crippen LogP contribution < -0.4 is 0 Å². The molecule has 0 atom stereocenters. The van der Waals surface area contributed by atoms with Gasteiger partial charge < -0.3 is 8.97 Å². The summed E-state index contributed by atoms with van der Waals surface area (Å²) in [5.74, 6) is 1.12. The van der Waals surface area contributed by atoms with Crippen LogP contribution in [0.2, 0.25) is 0 Å². The average Bonchev–Trinajstić information content (AvgIpc) is 4.23. The van der Waals surface area contributed by atoms with Crippen molar-refractivity contribution in [1.82, 2.24) is 18.9 Å². The van der Waals surface area contributed by atoms with Crippen LogP contribution >= 0.6 is 0 Å². The van der Waals surface area contributed by atoms with E-state index in [1.54, 1.807) is 5.56 Å². The van der Waals surface area contributed by atoms with E-state index in [0.717, 1.165) is 0 Å². The van der Waals surface area contributed by atoms with Crippen molar-refractivity contribution in [2.24, 2.45) is 0 Å². The van der Waals surface area contributed by atoms with Crippen molar-refractivity contribution >= 4 is 59.9 Å². The van der Waals surface area contributed by atoms with Crippen LogP contribution in [0.4, 0.5) is 0 Å². The Hall–Kier alpha value is -6.00. The Morgan fingerprint density at radius 2 is 1.14 bits per heavy atom. The summed E-state index contributed by atoms with van der Waals surface area (Å²) in [5, 5.41) is 8.44. The van der Waals surface area contributed by atoms with Gasteiger partial charge >= 0.3 is 0 Å². The van der Waals surface area contributed by atoms with Crippen molar-refractivity contribution in [3.8, 4) is 27.9 Å². The Balaban J connectivity index is 1.16. The molecule has 3 fully saturated rings. The highest BCUT2D eigenvalue weighted by Crippen LogP contribution is 2.64. The SMILES string of the molecule is CC(C)(C)c1ccc2c(c1)c1c3c(ncc1n2-c1cc(-c2ccccc2)c2c(c1-c1ccccc1)c1cc(C(C)(C)C)cc4c5c6c(ncc5n2c41)C1(CCCC1)CC61CCCC1)C1CCC3CC1. The molecule has 0 aliphatic heterocycles. The van der Waals surface area contributed by atoms with Gasteiger partial charge in [-0.15, -0.1) is 0 Å². The van der Waals surface area contributed by atoms with Crippen LogP contribution in [0.25, 0.3) is 87.8 Å². The third-order valence-electron chi connectivity index (χ3n) is 19.0. The van der Waals surface area contributed by atoms with Gasteiger partial charge in [-0.1, -0.05) is 134 Å². The third kappa shape index (κ3) is 5.42. The second kappa shape index (κ2) is 13.9. The molecule has 5 aromatic heterocycles. The van der Waals surface area contributed by atoms with Crippen LogP contribution in [0.15, 0.2) is 109 Å². The van der Waals surface area contributed by atoms with E-state index in [-0.39, 0.29) is 21.7 Å². The Bertz CT molecular complexity index is 3770. The van der Waals surface area contributed by atoms with E-state index in [4.69, 9.17) is 9.97 Å². The van der Waals surface area contributed by atoms with Gasteiger partial charge in [-0.2, -0.15) is 0 Å². The number of hydrogen-bond donors (Lipinski definition) is 0. The fourth-order valence-electron chi connectivity index (χ4n) is 15.9.